The predicted molar refractivity (Wildman–Crippen MR) is 137 cm³/mol. The van der Waals surface area contributed by atoms with Crippen LogP contribution in [0, 0.1) is 0 Å². The van der Waals surface area contributed by atoms with Gasteiger partial charge in [0.1, 0.15) is 18.9 Å². The molecule has 0 aliphatic carbocycles. The number of methoxy groups -OCH3 is 1. The second-order valence-corrected chi connectivity index (χ2v) is 9.85. The summed E-state index contributed by atoms with van der Waals surface area (Å²) in [5, 5.41) is 8.34. The van der Waals surface area contributed by atoms with Gasteiger partial charge in [0, 0.05) is 25.8 Å². The molecule has 2 amide bonds. The largest absolute Gasteiger partial charge is 0.493 e. The van der Waals surface area contributed by atoms with E-state index in [1.807, 2.05) is 0 Å². The Hall–Kier alpha value is -4.19. The Balaban J connectivity index is 1.33. The minimum Gasteiger partial charge on any atom is -0.493 e. The number of rotatable bonds is 1. The molecule has 0 atom stereocenters. The highest BCUT2D eigenvalue weighted by molar-refractivity contribution is 5.98. The fourth-order valence-corrected chi connectivity index (χ4v) is 5.33. The van der Waals surface area contributed by atoms with E-state index < -0.39 is 5.60 Å². The molecule has 3 aromatic rings. The van der Waals surface area contributed by atoms with Crippen LogP contribution in [0.15, 0.2) is 42.7 Å². The molecule has 0 N–H and O–H groups in total. The smallest absolute Gasteiger partial charge is 0.276 e. The first-order chi connectivity index (χ1) is 19.0. The minimum absolute atomic E-state index is 0.107. The van der Waals surface area contributed by atoms with Crippen molar-refractivity contribution in [1.29, 1.82) is 0 Å². The standard InChI is InChI=1S/C27H30N6O6/c1-36-22-5-2-4-20-24(22)38-17-19-16-33(30-29-19)13-14-37-21-6-3-9-28-23(21)26(35)32-12-15-39-27(18-32)7-10-31(11-8-27)25(20)34/h2-6,9,16H,7-8,10-15,17-18H2,1H3. The zero-order valence-corrected chi connectivity index (χ0v) is 21.7. The molecule has 2 saturated heterocycles. The van der Waals surface area contributed by atoms with Gasteiger partial charge in [-0.05, 0) is 37.1 Å². The Morgan fingerprint density at radius 2 is 1.82 bits per heavy atom. The highest BCUT2D eigenvalue weighted by atomic mass is 16.5. The van der Waals surface area contributed by atoms with E-state index >= 15 is 0 Å². The number of hydrogen-bond acceptors (Lipinski definition) is 9. The molecule has 12 nitrogen and oxygen atoms in total. The average Bonchev–Trinajstić information content (AvgIpc) is 3.43. The van der Waals surface area contributed by atoms with E-state index in [9.17, 15) is 9.59 Å². The molecule has 7 rings (SSSR count). The van der Waals surface area contributed by atoms with Crippen molar-refractivity contribution in [2.24, 2.45) is 0 Å². The Kier molecular flexibility index (Phi) is 6.77. The van der Waals surface area contributed by atoms with Crippen molar-refractivity contribution >= 4 is 11.8 Å². The third kappa shape index (κ3) is 4.99. The molecule has 204 valence electrons. The zero-order chi connectivity index (χ0) is 26.8. The summed E-state index contributed by atoms with van der Waals surface area (Å²) < 4.78 is 25.5. The quantitative estimate of drug-likeness (QED) is 0.460. The van der Waals surface area contributed by atoms with E-state index in [-0.39, 0.29) is 30.7 Å². The lowest BCUT2D eigenvalue weighted by Crippen LogP contribution is -2.58. The second-order valence-electron chi connectivity index (χ2n) is 9.85. The molecular weight excluding hydrogens is 504 g/mol. The molecular formula is C27H30N6O6. The molecule has 1 spiro atoms. The summed E-state index contributed by atoms with van der Waals surface area (Å²) in [7, 11) is 1.54. The fraction of sp³-hybridized carbons (Fsp3) is 0.444. The number of aromatic nitrogens is 4. The van der Waals surface area contributed by atoms with Crippen LogP contribution in [-0.4, -0.2) is 93.7 Å². The maximum atomic E-state index is 13.7. The number of hydrogen-bond donors (Lipinski definition) is 0. The monoisotopic (exact) mass is 534 g/mol. The number of morpholine rings is 1. The van der Waals surface area contributed by atoms with Crippen molar-refractivity contribution in [2.45, 2.75) is 31.6 Å². The van der Waals surface area contributed by atoms with Crippen LogP contribution in [0.2, 0.25) is 0 Å². The van der Waals surface area contributed by atoms with Crippen LogP contribution in [0.5, 0.6) is 17.2 Å². The lowest BCUT2D eigenvalue weighted by Gasteiger charge is -2.47. The first-order valence-electron chi connectivity index (χ1n) is 13.0. The molecule has 4 aliphatic heterocycles. The Bertz CT molecular complexity index is 1370. The Morgan fingerprint density at radius 1 is 0.949 bits per heavy atom. The van der Waals surface area contributed by atoms with Gasteiger partial charge in [-0.1, -0.05) is 11.3 Å². The number of amides is 2. The minimum atomic E-state index is -0.517. The molecule has 0 saturated carbocycles. The van der Waals surface area contributed by atoms with Crippen LogP contribution < -0.4 is 14.2 Å². The number of carbonyl (C=O) groups is 2. The third-order valence-electron chi connectivity index (χ3n) is 7.43. The number of benzene rings is 1. The van der Waals surface area contributed by atoms with Crippen LogP contribution in [0.25, 0.3) is 0 Å². The van der Waals surface area contributed by atoms with Gasteiger partial charge in [-0.3, -0.25) is 9.59 Å². The molecule has 39 heavy (non-hydrogen) atoms. The maximum absolute atomic E-state index is 13.7. The zero-order valence-electron chi connectivity index (χ0n) is 21.7. The second kappa shape index (κ2) is 10.5. The highest BCUT2D eigenvalue weighted by Crippen LogP contribution is 2.36. The fourth-order valence-electron chi connectivity index (χ4n) is 5.33. The van der Waals surface area contributed by atoms with Gasteiger partial charge in [0.2, 0.25) is 0 Å². The molecule has 2 aromatic heterocycles. The number of nitrogens with zero attached hydrogens (tertiary/aromatic N) is 6. The summed E-state index contributed by atoms with van der Waals surface area (Å²) in [6.07, 6.45) is 4.57. The van der Waals surface area contributed by atoms with Crippen LogP contribution in [0.4, 0.5) is 0 Å². The van der Waals surface area contributed by atoms with Crippen LogP contribution in [0.3, 0.4) is 0 Å². The number of piperidine rings is 1. The van der Waals surface area contributed by atoms with Gasteiger partial charge in [0.05, 0.1) is 44.2 Å². The van der Waals surface area contributed by atoms with Crippen molar-refractivity contribution < 1.29 is 28.5 Å². The van der Waals surface area contributed by atoms with E-state index in [1.54, 1.807) is 64.3 Å². The van der Waals surface area contributed by atoms with Crippen molar-refractivity contribution in [3.8, 4) is 17.2 Å². The van der Waals surface area contributed by atoms with E-state index in [0.29, 0.717) is 80.7 Å². The molecule has 0 unspecified atom stereocenters. The molecule has 2 fully saturated rings. The summed E-state index contributed by atoms with van der Waals surface area (Å²) in [5.74, 6) is 0.921. The number of para-hydroxylation sites is 1. The van der Waals surface area contributed by atoms with Crippen LogP contribution in [0.1, 0.15) is 39.4 Å². The van der Waals surface area contributed by atoms with Crippen LogP contribution in [-0.2, 0) is 17.9 Å². The lowest BCUT2D eigenvalue weighted by atomic mass is 9.88. The van der Waals surface area contributed by atoms with Crippen LogP contribution >= 0.6 is 0 Å². The molecule has 12 heteroatoms. The maximum Gasteiger partial charge on any atom is 0.276 e. The number of ether oxygens (including phenoxy) is 4. The summed E-state index contributed by atoms with van der Waals surface area (Å²) >= 11 is 0. The number of carbonyl (C=O) groups excluding carboxylic acids is 2. The van der Waals surface area contributed by atoms with E-state index in [0.717, 1.165) is 0 Å². The van der Waals surface area contributed by atoms with E-state index in [2.05, 4.69) is 15.3 Å². The summed E-state index contributed by atoms with van der Waals surface area (Å²) in [4.78, 5) is 35.1. The van der Waals surface area contributed by atoms with Gasteiger partial charge in [-0.2, -0.15) is 0 Å². The van der Waals surface area contributed by atoms with Crippen molar-refractivity contribution in [1.82, 2.24) is 29.8 Å². The van der Waals surface area contributed by atoms with Gasteiger partial charge in [-0.15, -0.1) is 5.10 Å². The lowest BCUT2D eigenvalue weighted by molar-refractivity contribution is -0.123. The Morgan fingerprint density at radius 3 is 2.67 bits per heavy atom. The predicted octanol–water partition coefficient (Wildman–Crippen LogP) is 1.80. The van der Waals surface area contributed by atoms with Crippen molar-refractivity contribution in [3.05, 3.63) is 59.7 Å². The van der Waals surface area contributed by atoms with Gasteiger partial charge < -0.3 is 28.7 Å². The van der Waals surface area contributed by atoms with E-state index in [4.69, 9.17) is 18.9 Å². The van der Waals surface area contributed by atoms with Crippen molar-refractivity contribution in [2.75, 3.05) is 46.5 Å². The number of fused-ring (bicyclic) bond motifs is 5. The summed E-state index contributed by atoms with van der Waals surface area (Å²) in [6.45, 7) is 3.08. The summed E-state index contributed by atoms with van der Waals surface area (Å²) in [6, 6.07) is 8.77. The molecule has 6 heterocycles. The molecule has 5 bridgehead atoms. The SMILES string of the molecule is COc1cccc2c1OCc1cn(nn1)CCOc1cccnc1C(=O)N1CCOC3(CCN(CC3)C2=O)C1. The molecule has 4 aliphatic rings. The summed E-state index contributed by atoms with van der Waals surface area (Å²) in [5.41, 5.74) is 0.764. The average molecular weight is 535 g/mol. The Labute approximate surface area is 225 Å². The van der Waals surface area contributed by atoms with Gasteiger partial charge in [0.25, 0.3) is 11.8 Å². The molecule has 1 aromatic carbocycles. The van der Waals surface area contributed by atoms with Crippen molar-refractivity contribution in [3.63, 3.8) is 0 Å². The van der Waals surface area contributed by atoms with Gasteiger partial charge in [-0.25, -0.2) is 9.67 Å². The highest BCUT2D eigenvalue weighted by Gasteiger charge is 2.43. The topological polar surface area (TPSA) is 121 Å². The molecule has 0 radical (unpaired) electrons. The normalized spacial score (nSPS) is 19.4. The van der Waals surface area contributed by atoms with E-state index in [1.165, 1.54) is 0 Å². The van der Waals surface area contributed by atoms with Gasteiger partial charge in [0.15, 0.2) is 22.9 Å². The third-order valence-corrected chi connectivity index (χ3v) is 7.43. The first kappa shape index (κ1) is 25.1. The number of pyridine rings is 1. The first-order valence-corrected chi connectivity index (χ1v) is 13.0. The van der Waals surface area contributed by atoms with Gasteiger partial charge >= 0.3 is 0 Å².